The van der Waals surface area contributed by atoms with Crippen LogP contribution in [0.3, 0.4) is 0 Å². The molecule has 305 valence electrons. The number of rotatable bonds is 11. The molecule has 1 radical (unpaired) electrons. The first kappa shape index (κ1) is 55.5. The molecule has 0 bridgehead atoms. The predicted octanol–water partition coefficient (Wildman–Crippen LogP) is 1.95. The average molecular weight is 862 g/mol. The van der Waals surface area contributed by atoms with Gasteiger partial charge >= 0.3 is 16.8 Å². The molecule has 0 saturated heterocycles. The van der Waals surface area contributed by atoms with Crippen molar-refractivity contribution < 1.29 is 70.1 Å². The second kappa shape index (κ2) is 28.6. The van der Waals surface area contributed by atoms with E-state index in [0.717, 1.165) is 49.9 Å². The summed E-state index contributed by atoms with van der Waals surface area (Å²) >= 11 is 0. The normalized spacial score (nSPS) is 9.82. The number of benzene rings is 2. The molecule has 56 heavy (non-hydrogen) atoms. The maximum atomic E-state index is 10.8. The van der Waals surface area contributed by atoms with E-state index in [1.54, 1.807) is 0 Å². The summed E-state index contributed by atoms with van der Waals surface area (Å²) < 4.78 is 64.7. The van der Waals surface area contributed by atoms with Crippen molar-refractivity contribution in [2.75, 3.05) is 0 Å². The summed E-state index contributed by atoms with van der Waals surface area (Å²) in [5, 5.41) is 0. The van der Waals surface area contributed by atoms with Gasteiger partial charge in [-0.25, -0.2) is 16.8 Å². The fraction of sp³-hybridized carbons (Fsp3) is 0.158. The van der Waals surface area contributed by atoms with E-state index in [1.807, 2.05) is 49.6 Å². The zero-order valence-corrected chi connectivity index (χ0v) is 33.0. The quantitative estimate of drug-likeness (QED) is 0.135. The maximum absolute atomic E-state index is 10.8. The molecule has 0 spiro atoms. The summed E-state index contributed by atoms with van der Waals surface area (Å²) in [7, 11) is -9.00. The van der Waals surface area contributed by atoms with Crippen LogP contribution in [0.1, 0.15) is 35.1 Å². The van der Waals surface area contributed by atoms with Crippen molar-refractivity contribution >= 4 is 20.2 Å². The topological polar surface area (TPSA) is 329 Å². The molecule has 0 unspecified atom stereocenters. The van der Waals surface area contributed by atoms with Gasteiger partial charge in [0.05, 0.1) is 9.79 Å². The first-order valence-corrected chi connectivity index (χ1v) is 18.6. The summed E-state index contributed by atoms with van der Waals surface area (Å²) in [5.41, 5.74) is 6.62. The van der Waals surface area contributed by atoms with Crippen molar-refractivity contribution in [1.29, 1.82) is 0 Å². The molecule has 14 N–H and O–H groups in total. The van der Waals surface area contributed by atoms with Crippen molar-refractivity contribution in [1.82, 2.24) is 19.9 Å². The number of pyridine rings is 4. The molecule has 4 heterocycles. The fourth-order valence-corrected chi connectivity index (χ4v) is 5.76. The van der Waals surface area contributed by atoms with E-state index in [2.05, 4.69) is 68.5 Å². The van der Waals surface area contributed by atoms with Crippen molar-refractivity contribution in [3.8, 4) is 11.1 Å². The minimum atomic E-state index is -4.50. The molecule has 6 rings (SSSR count). The SMILES string of the molecule is O.O=S(=O)([O-])c1ccc(-c2ccc(S(=O)(=O)[O-])cc2)cc1.[Co+2].[OH3+].[OH3+].[OH3+].[OH3+].c1cc(CCCc2ccncc2)ccn1.c1cc(CCCc2ccncc2)ccn1. The van der Waals surface area contributed by atoms with Crippen molar-refractivity contribution in [2.45, 2.75) is 48.3 Å². The standard InChI is InChI=1S/2C13H14N2.C12H10O6S2.Co.5H2O/c2*1(2-12-4-8-14-9-5-12)3-13-6-10-15-11-7-13;13-19(14,15)11-5-1-9(2-6-11)10-3-7-12(8-4-10)20(16,17)18;;;;;;/h2*4-11H,1-3H2;1-8H,(H,13,14,15)(H,16,17,18);;5*1H2/q;;;+2;;;;;/p+2. The van der Waals surface area contributed by atoms with E-state index in [1.165, 1.54) is 59.4 Å². The predicted molar refractivity (Wildman–Crippen MR) is 212 cm³/mol. The van der Waals surface area contributed by atoms with E-state index < -0.39 is 20.2 Å². The fourth-order valence-electron chi connectivity index (χ4n) is 4.82. The van der Waals surface area contributed by atoms with Crippen molar-refractivity contribution in [2.24, 2.45) is 0 Å². The Labute approximate surface area is 337 Å². The van der Waals surface area contributed by atoms with Crippen LogP contribution in [0, 0.1) is 0 Å². The zero-order chi connectivity index (χ0) is 35.7. The molecular weight excluding hydrogens is 812 g/mol. The van der Waals surface area contributed by atoms with Crippen LogP contribution in [0.4, 0.5) is 0 Å². The molecular formula is C38H50CoN4O11S2+4. The van der Waals surface area contributed by atoms with Gasteiger partial charge in [0.25, 0.3) is 0 Å². The molecule has 0 atom stereocenters. The summed E-state index contributed by atoms with van der Waals surface area (Å²) in [5.74, 6) is 0. The Morgan fingerprint density at radius 2 is 0.571 bits per heavy atom. The molecule has 18 heteroatoms. The first-order chi connectivity index (χ1) is 24.1. The molecule has 0 saturated carbocycles. The maximum Gasteiger partial charge on any atom is 2.00 e. The van der Waals surface area contributed by atoms with E-state index in [-0.39, 0.29) is 54.0 Å². The molecule has 15 nitrogen and oxygen atoms in total. The van der Waals surface area contributed by atoms with Crippen LogP contribution in [0.25, 0.3) is 11.1 Å². The molecule has 0 aliphatic rings. The monoisotopic (exact) mass is 861 g/mol. The average Bonchev–Trinajstić information content (AvgIpc) is 3.13. The molecule has 0 amide bonds. The second-order valence-electron chi connectivity index (χ2n) is 11.1. The Kier molecular flexibility index (Phi) is 28.3. The third-order valence-corrected chi connectivity index (χ3v) is 9.18. The zero-order valence-electron chi connectivity index (χ0n) is 30.3. The van der Waals surface area contributed by atoms with Crippen molar-refractivity contribution in [3.05, 3.63) is 169 Å². The second-order valence-corrected chi connectivity index (χ2v) is 13.8. The third-order valence-electron chi connectivity index (χ3n) is 7.48. The van der Waals surface area contributed by atoms with Gasteiger partial charge in [0.1, 0.15) is 20.2 Å². The minimum Gasteiger partial charge on any atom is -0.744 e. The Hall–Kier alpha value is -4.83. The van der Waals surface area contributed by atoms with Crippen LogP contribution in [-0.4, -0.2) is 51.4 Å². The van der Waals surface area contributed by atoms with Gasteiger partial charge < -0.3 is 36.5 Å². The third kappa shape index (κ3) is 20.2. The largest absolute Gasteiger partial charge is 2.00 e. The Bertz CT molecular complexity index is 1860. The molecule has 4 aromatic heterocycles. The molecule has 2 aromatic carbocycles. The van der Waals surface area contributed by atoms with Gasteiger partial charge in [-0.05, 0) is 145 Å². The molecule has 0 aliphatic heterocycles. The van der Waals surface area contributed by atoms with Gasteiger partial charge in [-0.15, -0.1) is 0 Å². The summed E-state index contributed by atoms with van der Waals surface area (Å²) in [6, 6.07) is 26.9. The molecule has 0 aliphatic carbocycles. The summed E-state index contributed by atoms with van der Waals surface area (Å²) in [4.78, 5) is 15.3. The number of aryl methyl sites for hydroxylation is 4. The Morgan fingerprint density at radius 1 is 0.375 bits per heavy atom. The number of hydrogen-bond donors (Lipinski definition) is 0. The number of hydrogen-bond acceptors (Lipinski definition) is 10. The van der Waals surface area contributed by atoms with Gasteiger partial charge in [-0.2, -0.15) is 0 Å². The Balaban J connectivity index is -0.000000723. The van der Waals surface area contributed by atoms with E-state index in [0.29, 0.717) is 11.1 Å². The number of nitrogens with zero attached hydrogens (tertiary/aromatic N) is 4. The van der Waals surface area contributed by atoms with Gasteiger partial charge in [0.15, 0.2) is 0 Å². The van der Waals surface area contributed by atoms with Crippen LogP contribution < -0.4 is 0 Å². The number of aromatic nitrogens is 4. The minimum absolute atomic E-state index is 0. The van der Waals surface area contributed by atoms with Crippen LogP contribution >= 0.6 is 0 Å². The van der Waals surface area contributed by atoms with Gasteiger partial charge in [0, 0.05) is 49.6 Å². The molecule has 0 fully saturated rings. The van der Waals surface area contributed by atoms with Crippen LogP contribution in [0.5, 0.6) is 0 Å². The van der Waals surface area contributed by atoms with E-state index in [9.17, 15) is 25.9 Å². The first-order valence-electron chi connectivity index (χ1n) is 15.8. The summed E-state index contributed by atoms with van der Waals surface area (Å²) in [6.07, 6.45) is 21.6. The van der Waals surface area contributed by atoms with Gasteiger partial charge in [0.2, 0.25) is 0 Å². The van der Waals surface area contributed by atoms with E-state index >= 15 is 0 Å². The molecule has 6 aromatic rings. The van der Waals surface area contributed by atoms with Gasteiger partial charge in [-0.1, -0.05) is 24.3 Å². The smallest absolute Gasteiger partial charge is 0.744 e. The Morgan fingerprint density at radius 3 is 0.750 bits per heavy atom. The van der Waals surface area contributed by atoms with Crippen LogP contribution in [-0.2, 0) is 84.6 Å². The van der Waals surface area contributed by atoms with Crippen LogP contribution in [0.15, 0.2) is 156 Å². The summed E-state index contributed by atoms with van der Waals surface area (Å²) in [6.45, 7) is 0. The van der Waals surface area contributed by atoms with Gasteiger partial charge in [-0.3, -0.25) is 19.9 Å². The van der Waals surface area contributed by atoms with E-state index in [4.69, 9.17) is 0 Å². The van der Waals surface area contributed by atoms with Crippen LogP contribution in [0.2, 0.25) is 0 Å². The van der Waals surface area contributed by atoms with Crippen molar-refractivity contribution in [3.63, 3.8) is 0 Å².